The Morgan fingerprint density at radius 3 is 1.15 bits per heavy atom. The maximum absolute atomic E-state index is 12.1. The summed E-state index contributed by atoms with van der Waals surface area (Å²) in [5, 5.41) is 9.50. The quantitative estimate of drug-likeness (QED) is 0.0650. The first kappa shape index (κ1) is 39.9. The SMILES string of the molecule is CC(C)CCCCCCCCCCCCCCCCC(=O)OC[C@H](CO)OC(=O)CCCCCCCCCC(C)C. The summed E-state index contributed by atoms with van der Waals surface area (Å²) >= 11 is 0. The predicted octanol–water partition coefficient (Wildman–Crippen LogP) is 10.5. The number of carbonyl (C=O) groups excluding carboxylic acids is 2. The average Bonchev–Trinajstić information content (AvgIpc) is 2.93. The zero-order chi connectivity index (χ0) is 30.4. The van der Waals surface area contributed by atoms with E-state index in [1.165, 1.54) is 116 Å². The number of carbonyl (C=O) groups is 2. The van der Waals surface area contributed by atoms with Gasteiger partial charge in [0, 0.05) is 12.8 Å². The lowest BCUT2D eigenvalue weighted by Crippen LogP contribution is -2.28. The van der Waals surface area contributed by atoms with Crippen molar-refractivity contribution in [2.75, 3.05) is 13.2 Å². The lowest BCUT2D eigenvalue weighted by molar-refractivity contribution is -0.161. The van der Waals surface area contributed by atoms with E-state index in [4.69, 9.17) is 9.47 Å². The molecule has 0 radical (unpaired) electrons. The molecule has 0 aliphatic carbocycles. The summed E-state index contributed by atoms with van der Waals surface area (Å²) in [6.45, 7) is 8.78. The number of ether oxygens (including phenoxy) is 2. The van der Waals surface area contributed by atoms with E-state index in [1.807, 2.05) is 0 Å². The highest BCUT2D eigenvalue weighted by Gasteiger charge is 2.16. The van der Waals surface area contributed by atoms with Crippen molar-refractivity contribution in [1.29, 1.82) is 0 Å². The molecule has 1 N–H and O–H groups in total. The molecule has 1 atom stereocenters. The van der Waals surface area contributed by atoms with E-state index in [0.29, 0.717) is 12.8 Å². The molecule has 0 amide bonds. The zero-order valence-electron chi connectivity index (χ0n) is 27.9. The zero-order valence-corrected chi connectivity index (χ0v) is 27.9. The van der Waals surface area contributed by atoms with Gasteiger partial charge in [0.1, 0.15) is 6.61 Å². The van der Waals surface area contributed by atoms with E-state index in [1.54, 1.807) is 0 Å². The van der Waals surface area contributed by atoms with Crippen molar-refractivity contribution in [3.8, 4) is 0 Å². The normalized spacial score (nSPS) is 12.3. The molecule has 0 heterocycles. The summed E-state index contributed by atoms with van der Waals surface area (Å²) in [5.74, 6) is 1.06. The first-order valence-corrected chi connectivity index (χ1v) is 17.8. The molecule has 0 unspecified atom stereocenters. The Kier molecular flexibility index (Phi) is 29.5. The smallest absolute Gasteiger partial charge is 0.306 e. The summed E-state index contributed by atoms with van der Waals surface area (Å²) in [7, 11) is 0. The van der Waals surface area contributed by atoms with Crippen molar-refractivity contribution < 1.29 is 24.2 Å². The summed E-state index contributed by atoms with van der Waals surface area (Å²) in [6, 6.07) is 0. The number of aliphatic hydroxyl groups is 1. The summed E-state index contributed by atoms with van der Waals surface area (Å²) in [4.78, 5) is 24.1. The Bertz CT molecular complexity index is 574. The number of hydrogen-bond acceptors (Lipinski definition) is 5. The molecule has 0 aromatic rings. The van der Waals surface area contributed by atoms with Gasteiger partial charge in [0.25, 0.3) is 0 Å². The summed E-state index contributed by atoms with van der Waals surface area (Å²) < 4.78 is 10.6. The molecule has 0 fully saturated rings. The third-order valence-corrected chi connectivity index (χ3v) is 8.01. The second-order valence-electron chi connectivity index (χ2n) is 13.3. The molecule has 0 aromatic carbocycles. The fourth-order valence-electron chi connectivity index (χ4n) is 5.28. The fraction of sp³-hybridized carbons (Fsp3) is 0.944. The number of hydrogen-bond donors (Lipinski definition) is 1. The minimum atomic E-state index is -0.762. The average molecular weight is 583 g/mol. The number of aliphatic hydroxyl groups excluding tert-OH is 1. The molecule has 0 spiro atoms. The maximum atomic E-state index is 12.1. The second-order valence-corrected chi connectivity index (χ2v) is 13.3. The molecule has 244 valence electrons. The van der Waals surface area contributed by atoms with Crippen LogP contribution in [0.5, 0.6) is 0 Å². The minimum absolute atomic E-state index is 0.0599. The van der Waals surface area contributed by atoms with Crippen molar-refractivity contribution in [2.45, 2.75) is 194 Å². The molecule has 0 bridgehead atoms. The first-order valence-electron chi connectivity index (χ1n) is 17.8. The minimum Gasteiger partial charge on any atom is -0.462 e. The van der Waals surface area contributed by atoms with E-state index in [9.17, 15) is 14.7 Å². The van der Waals surface area contributed by atoms with E-state index in [2.05, 4.69) is 27.7 Å². The molecule has 0 saturated carbocycles. The van der Waals surface area contributed by atoms with Crippen LogP contribution >= 0.6 is 0 Å². The topological polar surface area (TPSA) is 72.8 Å². The molecule has 0 rings (SSSR count). The second kappa shape index (κ2) is 30.4. The van der Waals surface area contributed by atoms with E-state index < -0.39 is 6.10 Å². The van der Waals surface area contributed by atoms with E-state index in [-0.39, 0.29) is 25.2 Å². The van der Waals surface area contributed by atoms with Gasteiger partial charge in [-0.3, -0.25) is 9.59 Å². The van der Waals surface area contributed by atoms with Crippen LogP contribution < -0.4 is 0 Å². The Morgan fingerprint density at radius 2 is 0.805 bits per heavy atom. The monoisotopic (exact) mass is 583 g/mol. The van der Waals surface area contributed by atoms with Gasteiger partial charge in [-0.2, -0.15) is 0 Å². The van der Waals surface area contributed by atoms with Gasteiger partial charge in [-0.1, -0.05) is 163 Å². The molecule has 0 aliphatic rings. The van der Waals surface area contributed by atoms with Crippen molar-refractivity contribution in [3.05, 3.63) is 0 Å². The first-order chi connectivity index (χ1) is 19.8. The Labute approximate surface area is 255 Å². The van der Waals surface area contributed by atoms with Gasteiger partial charge >= 0.3 is 11.9 Å². The van der Waals surface area contributed by atoms with E-state index in [0.717, 1.165) is 43.9 Å². The Morgan fingerprint density at radius 1 is 0.488 bits per heavy atom. The maximum Gasteiger partial charge on any atom is 0.306 e. The van der Waals surface area contributed by atoms with Crippen molar-refractivity contribution >= 4 is 11.9 Å². The summed E-state index contributed by atoms with van der Waals surface area (Å²) in [6.07, 6.45) is 28.8. The molecule has 0 aromatic heterocycles. The molecule has 41 heavy (non-hydrogen) atoms. The van der Waals surface area contributed by atoms with Crippen LogP contribution in [0.3, 0.4) is 0 Å². The van der Waals surface area contributed by atoms with Crippen LogP contribution in [-0.4, -0.2) is 36.4 Å². The van der Waals surface area contributed by atoms with Gasteiger partial charge in [0.2, 0.25) is 0 Å². The van der Waals surface area contributed by atoms with Crippen LogP contribution in [0.25, 0.3) is 0 Å². The number of unbranched alkanes of at least 4 members (excludes halogenated alkanes) is 19. The van der Waals surface area contributed by atoms with Crippen LogP contribution in [0.4, 0.5) is 0 Å². The van der Waals surface area contributed by atoms with Crippen LogP contribution in [0, 0.1) is 11.8 Å². The van der Waals surface area contributed by atoms with Crippen LogP contribution in [0.15, 0.2) is 0 Å². The van der Waals surface area contributed by atoms with Gasteiger partial charge in [0.05, 0.1) is 6.61 Å². The van der Waals surface area contributed by atoms with Crippen molar-refractivity contribution in [1.82, 2.24) is 0 Å². The highest BCUT2D eigenvalue weighted by molar-refractivity contribution is 5.70. The predicted molar refractivity (Wildman–Crippen MR) is 173 cm³/mol. The third kappa shape index (κ3) is 31.7. The molecule has 5 nitrogen and oxygen atoms in total. The van der Waals surface area contributed by atoms with Crippen LogP contribution in [-0.2, 0) is 19.1 Å². The highest BCUT2D eigenvalue weighted by atomic mass is 16.6. The highest BCUT2D eigenvalue weighted by Crippen LogP contribution is 2.16. The van der Waals surface area contributed by atoms with Gasteiger partial charge in [-0.15, -0.1) is 0 Å². The number of esters is 2. The summed E-state index contributed by atoms with van der Waals surface area (Å²) in [5.41, 5.74) is 0. The third-order valence-electron chi connectivity index (χ3n) is 8.01. The molecule has 0 saturated heterocycles. The van der Waals surface area contributed by atoms with E-state index >= 15 is 0 Å². The Hall–Kier alpha value is -1.10. The molecule has 0 aliphatic heterocycles. The number of rotatable bonds is 31. The molecular formula is C36H70O5. The molecular weight excluding hydrogens is 512 g/mol. The Balaban J connectivity index is 3.51. The van der Waals surface area contributed by atoms with Gasteiger partial charge < -0.3 is 14.6 Å². The standard InChI is InChI=1S/C36H70O5/c1-32(2)26-22-18-14-11-9-7-5-6-8-10-12-16-20-24-28-35(38)40-31-34(30-37)41-36(39)29-25-21-17-13-15-19-23-27-33(3)4/h32-34,37H,5-31H2,1-4H3/t34-/m0/s1. The lowest BCUT2D eigenvalue weighted by Gasteiger charge is -2.15. The van der Waals surface area contributed by atoms with Crippen LogP contribution in [0.1, 0.15) is 188 Å². The van der Waals surface area contributed by atoms with Gasteiger partial charge in [-0.05, 0) is 24.7 Å². The molecule has 5 heteroatoms. The van der Waals surface area contributed by atoms with Crippen LogP contribution in [0.2, 0.25) is 0 Å². The van der Waals surface area contributed by atoms with Crippen molar-refractivity contribution in [3.63, 3.8) is 0 Å². The van der Waals surface area contributed by atoms with Crippen molar-refractivity contribution in [2.24, 2.45) is 11.8 Å². The largest absolute Gasteiger partial charge is 0.462 e. The van der Waals surface area contributed by atoms with Gasteiger partial charge in [0.15, 0.2) is 6.10 Å². The lowest BCUT2D eigenvalue weighted by atomic mass is 10.0. The van der Waals surface area contributed by atoms with Gasteiger partial charge in [-0.25, -0.2) is 0 Å². The fourth-order valence-corrected chi connectivity index (χ4v) is 5.28.